The van der Waals surface area contributed by atoms with E-state index in [9.17, 15) is 9.18 Å². The lowest BCUT2D eigenvalue weighted by molar-refractivity contribution is -0.129. The van der Waals surface area contributed by atoms with Crippen LogP contribution in [0.3, 0.4) is 0 Å². The number of amides is 1. The van der Waals surface area contributed by atoms with Crippen LogP contribution in [0.25, 0.3) is 0 Å². The fourth-order valence-corrected chi connectivity index (χ4v) is 2.63. The molecule has 0 saturated heterocycles. The summed E-state index contributed by atoms with van der Waals surface area (Å²) in [5.41, 5.74) is 6.10. The molecule has 0 saturated carbocycles. The van der Waals surface area contributed by atoms with Crippen LogP contribution in [-0.4, -0.2) is 29.1 Å². The van der Waals surface area contributed by atoms with E-state index < -0.39 is 0 Å². The summed E-state index contributed by atoms with van der Waals surface area (Å²) in [5, 5.41) is -0.224. The number of halogens is 1. The molecule has 0 fully saturated rings. The van der Waals surface area contributed by atoms with Crippen LogP contribution in [0.5, 0.6) is 0 Å². The van der Waals surface area contributed by atoms with E-state index in [1.165, 1.54) is 23.9 Å². The number of anilines is 1. The molecule has 0 aliphatic carbocycles. The van der Waals surface area contributed by atoms with Crippen molar-refractivity contribution in [2.75, 3.05) is 18.8 Å². The van der Waals surface area contributed by atoms with Crippen molar-refractivity contribution >= 4 is 23.4 Å². The van der Waals surface area contributed by atoms with Gasteiger partial charge in [-0.3, -0.25) is 4.79 Å². The first-order valence-corrected chi connectivity index (χ1v) is 6.88. The van der Waals surface area contributed by atoms with Crippen molar-refractivity contribution in [2.24, 2.45) is 0 Å². The van der Waals surface area contributed by atoms with Crippen LogP contribution >= 0.6 is 11.8 Å². The summed E-state index contributed by atoms with van der Waals surface area (Å²) in [6, 6.07) is 4.24. The fourth-order valence-electron chi connectivity index (χ4n) is 1.66. The number of carbonyl (C=O) groups excluding carboxylic acids is 1. The predicted molar refractivity (Wildman–Crippen MR) is 74.1 cm³/mol. The molecule has 0 spiro atoms. The molecule has 0 bridgehead atoms. The van der Waals surface area contributed by atoms with E-state index >= 15 is 0 Å². The van der Waals surface area contributed by atoms with Crippen LogP contribution in [0.1, 0.15) is 20.8 Å². The maximum Gasteiger partial charge on any atom is 0.235 e. The van der Waals surface area contributed by atoms with Crippen LogP contribution in [0, 0.1) is 5.82 Å². The van der Waals surface area contributed by atoms with E-state index in [1.54, 1.807) is 11.0 Å². The van der Waals surface area contributed by atoms with Crippen molar-refractivity contribution in [2.45, 2.75) is 30.9 Å². The zero-order valence-corrected chi connectivity index (χ0v) is 11.8. The molecule has 1 atom stereocenters. The number of nitrogen functional groups attached to an aromatic ring is 1. The van der Waals surface area contributed by atoms with Crippen LogP contribution in [0.15, 0.2) is 23.1 Å². The van der Waals surface area contributed by atoms with E-state index in [2.05, 4.69) is 0 Å². The Morgan fingerprint density at radius 2 is 2.06 bits per heavy atom. The van der Waals surface area contributed by atoms with Crippen molar-refractivity contribution in [3.63, 3.8) is 0 Å². The van der Waals surface area contributed by atoms with Gasteiger partial charge in [0.1, 0.15) is 5.82 Å². The van der Waals surface area contributed by atoms with Crippen molar-refractivity contribution in [3.8, 4) is 0 Å². The Kier molecular flexibility index (Phi) is 5.47. The SMILES string of the molecule is CCN(CC)C(=O)C(C)Sc1ccc(F)cc1N. The van der Waals surface area contributed by atoms with Gasteiger partial charge in [0.15, 0.2) is 0 Å². The Morgan fingerprint density at radius 3 is 2.56 bits per heavy atom. The van der Waals surface area contributed by atoms with Gasteiger partial charge in [-0.2, -0.15) is 0 Å². The largest absolute Gasteiger partial charge is 0.398 e. The predicted octanol–water partition coefficient (Wildman–Crippen LogP) is 2.76. The van der Waals surface area contributed by atoms with Crippen LogP contribution in [0.4, 0.5) is 10.1 Å². The number of rotatable bonds is 5. The summed E-state index contributed by atoms with van der Waals surface area (Å²) in [6.45, 7) is 7.13. The van der Waals surface area contributed by atoms with Gasteiger partial charge in [-0.25, -0.2) is 4.39 Å². The quantitative estimate of drug-likeness (QED) is 0.661. The number of nitrogens with zero attached hydrogens (tertiary/aromatic N) is 1. The van der Waals surface area contributed by atoms with Gasteiger partial charge in [-0.05, 0) is 39.0 Å². The van der Waals surface area contributed by atoms with Crippen molar-refractivity contribution in [1.29, 1.82) is 0 Å². The Hall–Kier alpha value is -1.23. The smallest absolute Gasteiger partial charge is 0.235 e. The molecule has 2 N–H and O–H groups in total. The third-order valence-corrected chi connectivity index (χ3v) is 3.88. The summed E-state index contributed by atoms with van der Waals surface area (Å²) >= 11 is 1.36. The number of thioether (sulfide) groups is 1. The van der Waals surface area contributed by atoms with Crippen molar-refractivity contribution < 1.29 is 9.18 Å². The van der Waals surface area contributed by atoms with Gasteiger partial charge >= 0.3 is 0 Å². The van der Waals surface area contributed by atoms with E-state index in [-0.39, 0.29) is 17.0 Å². The number of hydrogen-bond acceptors (Lipinski definition) is 3. The molecular weight excluding hydrogens is 251 g/mol. The molecule has 5 heteroatoms. The van der Waals surface area contributed by atoms with E-state index in [1.807, 2.05) is 20.8 Å². The average Bonchev–Trinajstić information content (AvgIpc) is 2.34. The summed E-state index contributed by atoms with van der Waals surface area (Å²) in [6.07, 6.45) is 0. The van der Waals surface area contributed by atoms with Gasteiger partial charge in [0.2, 0.25) is 5.91 Å². The number of nitrogens with two attached hydrogens (primary N) is 1. The standard InChI is InChI=1S/C13H19FN2OS/c1-4-16(5-2)13(17)9(3)18-12-7-6-10(14)8-11(12)15/h6-9H,4-5,15H2,1-3H3. The highest BCUT2D eigenvalue weighted by molar-refractivity contribution is 8.00. The molecule has 0 aliphatic heterocycles. The van der Waals surface area contributed by atoms with Gasteiger partial charge in [0.05, 0.1) is 5.25 Å². The van der Waals surface area contributed by atoms with Crippen molar-refractivity contribution in [1.82, 2.24) is 4.90 Å². The first kappa shape index (κ1) is 14.8. The van der Waals surface area contributed by atoms with Gasteiger partial charge in [0.25, 0.3) is 0 Å². The maximum atomic E-state index is 12.9. The van der Waals surface area contributed by atoms with Gasteiger partial charge < -0.3 is 10.6 Å². The third kappa shape index (κ3) is 3.63. The fraction of sp³-hybridized carbons (Fsp3) is 0.462. The first-order valence-electron chi connectivity index (χ1n) is 6.00. The highest BCUT2D eigenvalue weighted by Crippen LogP contribution is 2.29. The molecule has 100 valence electrons. The molecule has 0 aliphatic rings. The van der Waals surface area contributed by atoms with Gasteiger partial charge in [0, 0.05) is 23.7 Å². The highest BCUT2D eigenvalue weighted by Gasteiger charge is 2.20. The lowest BCUT2D eigenvalue weighted by Crippen LogP contribution is -2.36. The summed E-state index contributed by atoms with van der Waals surface area (Å²) in [7, 11) is 0. The lowest BCUT2D eigenvalue weighted by atomic mass is 10.3. The molecule has 0 radical (unpaired) electrons. The molecule has 1 aromatic rings. The minimum atomic E-state index is -0.362. The second kappa shape index (κ2) is 6.64. The van der Waals surface area contributed by atoms with Gasteiger partial charge in [-0.1, -0.05) is 0 Å². The molecule has 3 nitrogen and oxygen atoms in total. The second-order valence-corrected chi connectivity index (χ2v) is 5.34. The van der Waals surface area contributed by atoms with Crippen molar-refractivity contribution in [3.05, 3.63) is 24.0 Å². The van der Waals surface area contributed by atoms with Crippen LogP contribution in [-0.2, 0) is 4.79 Å². The molecule has 1 rings (SSSR count). The zero-order valence-electron chi connectivity index (χ0n) is 10.9. The van der Waals surface area contributed by atoms with E-state index in [0.717, 1.165) is 4.90 Å². The number of carbonyl (C=O) groups is 1. The Labute approximate surface area is 112 Å². The second-order valence-electron chi connectivity index (χ2n) is 3.95. The zero-order chi connectivity index (χ0) is 13.7. The Morgan fingerprint density at radius 1 is 1.44 bits per heavy atom. The van der Waals surface area contributed by atoms with Crippen LogP contribution < -0.4 is 5.73 Å². The number of benzene rings is 1. The molecule has 1 aromatic carbocycles. The molecule has 18 heavy (non-hydrogen) atoms. The Bertz CT molecular complexity index is 421. The molecule has 1 unspecified atom stereocenters. The minimum Gasteiger partial charge on any atom is -0.398 e. The lowest BCUT2D eigenvalue weighted by Gasteiger charge is -2.22. The average molecular weight is 270 g/mol. The topological polar surface area (TPSA) is 46.3 Å². The summed E-state index contributed by atoms with van der Waals surface area (Å²) in [5.74, 6) is -0.284. The molecular formula is C13H19FN2OS. The Balaban J connectivity index is 2.75. The van der Waals surface area contributed by atoms with Gasteiger partial charge in [-0.15, -0.1) is 11.8 Å². The molecule has 0 aromatic heterocycles. The minimum absolute atomic E-state index is 0.0775. The maximum absolute atomic E-state index is 12.9. The summed E-state index contributed by atoms with van der Waals surface area (Å²) in [4.78, 5) is 14.6. The first-order chi connectivity index (χ1) is 8.49. The molecule has 1 amide bonds. The van der Waals surface area contributed by atoms with E-state index in [0.29, 0.717) is 18.8 Å². The highest BCUT2D eigenvalue weighted by atomic mass is 32.2. The van der Waals surface area contributed by atoms with Crippen LogP contribution in [0.2, 0.25) is 0 Å². The number of hydrogen-bond donors (Lipinski definition) is 1. The summed E-state index contributed by atoms with van der Waals surface area (Å²) < 4.78 is 12.9. The third-order valence-electron chi connectivity index (χ3n) is 2.70. The molecule has 0 heterocycles. The van der Waals surface area contributed by atoms with E-state index in [4.69, 9.17) is 5.73 Å². The monoisotopic (exact) mass is 270 g/mol. The normalized spacial score (nSPS) is 12.2.